The molecule has 0 radical (unpaired) electrons. The lowest BCUT2D eigenvalue weighted by molar-refractivity contribution is 0.0746. The van der Waals surface area contributed by atoms with Gasteiger partial charge >= 0.3 is 0 Å². The predicted molar refractivity (Wildman–Crippen MR) is 80.6 cm³/mol. The second-order valence-electron chi connectivity index (χ2n) is 4.49. The molecule has 1 amide bonds. The summed E-state index contributed by atoms with van der Waals surface area (Å²) in [6.45, 7) is 3.23. The fourth-order valence-electron chi connectivity index (χ4n) is 1.96. The van der Waals surface area contributed by atoms with Crippen molar-refractivity contribution >= 4 is 11.6 Å². The predicted octanol–water partition coefficient (Wildman–Crippen LogP) is 2.79. The summed E-state index contributed by atoms with van der Waals surface area (Å²) in [5, 5.41) is 2.99. The molecule has 2 aromatic rings. The molecule has 0 unspecified atom stereocenters. The standard InChI is InChI=1S/C16H19N3O/c1-3-19(12-13-7-5-4-6-8-13)16(20)15-10-9-14(17-2)11-18-15/h4-11,17H,3,12H2,1-2H3. The van der Waals surface area contributed by atoms with E-state index in [1.165, 1.54) is 0 Å². The smallest absolute Gasteiger partial charge is 0.272 e. The molecular weight excluding hydrogens is 250 g/mol. The minimum Gasteiger partial charge on any atom is -0.387 e. The molecule has 104 valence electrons. The molecule has 1 heterocycles. The number of nitrogens with zero attached hydrogens (tertiary/aromatic N) is 2. The van der Waals surface area contributed by atoms with Crippen molar-refractivity contribution in [1.29, 1.82) is 0 Å². The summed E-state index contributed by atoms with van der Waals surface area (Å²) in [4.78, 5) is 18.4. The van der Waals surface area contributed by atoms with Gasteiger partial charge in [-0.3, -0.25) is 4.79 Å². The van der Waals surface area contributed by atoms with E-state index in [1.54, 1.807) is 17.2 Å². The number of hydrogen-bond acceptors (Lipinski definition) is 3. The minimum atomic E-state index is -0.0426. The van der Waals surface area contributed by atoms with Crippen LogP contribution in [-0.2, 0) is 6.54 Å². The van der Waals surface area contributed by atoms with Gasteiger partial charge in [0.25, 0.3) is 5.91 Å². The second-order valence-corrected chi connectivity index (χ2v) is 4.49. The average molecular weight is 269 g/mol. The Morgan fingerprint density at radius 3 is 2.50 bits per heavy atom. The molecule has 0 saturated heterocycles. The van der Waals surface area contributed by atoms with Crippen LogP contribution in [0.1, 0.15) is 23.0 Å². The van der Waals surface area contributed by atoms with E-state index in [-0.39, 0.29) is 5.91 Å². The summed E-state index contributed by atoms with van der Waals surface area (Å²) in [7, 11) is 1.83. The molecule has 0 aliphatic rings. The minimum absolute atomic E-state index is 0.0426. The number of hydrogen-bond donors (Lipinski definition) is 1. The molecular formula is C16H19N3O. The highest BCUT2D eigenvalue weighted by Gasteiger charge is 2.15. The molecule has 0 spiro atoms. The van der Waals surface area contributed by atoms with E-state index in [0.29, 0.717) is 18.8 Å². The molecule has 1 aromatic heterocycles. The summed E-state index contributed by atoms with van der Waals surface area (Å²) in [5.41, 5.74) is 2.49. The number of benzene rings is 1. The van der Waals surface area contributed by atoms with Gasteiger partial charge in [-0.2, -0.15) is 0 Å². The zero-order valence-electron chi connectivity index (χ0n) is 11.8. The normalized spacial score (nSPS) is 10.1. The maximum Gasteiger partial charge on any atom is 0.272 e. The van der Waals surface area contributed by atoms with Gasteiger partial charge in [0, 0.05) is 20.1 Å². The van der Waals surface area contributed by atoms with Gasteiger partial charge < -0.3 is 10.2 Å². The number of nitrogens with one attached hydrogen (secondary N) is 1. The summed E-state index contributed by atoms with van der Waals surface area (Å²) >= 11 is 0. The summed E-state index contributed by atoms with van der Waals surface area (Å²) in [5.74, 6) is -0.0426. The first-order valence-electron chi connectivity index (χ1n) is 6.71. The number of rotatable bonds is 5. The monoisotopic (exact) mass is 269 g/mol. The average Bonchev–Trinajstić information content (AvgIpc) is 2.53. The van der Waals surface area contributed by atoms with Gasteiger partial charge in [0.2, 0.25) is 0 Å². The van der Waals surface area contributed by atoms with E-state index in [1.807, 2.05) is 50.4 Å². The lowest BCUT2D eigenvalue weighted by atomic mass is 10.2. The summed E-state index contributed by atoms with van der Waals surface area (Å²) in [6.07, 6.45) is 1.67. The van der Waals surface area contributed by atoms with Crippen molar-refractivity contribution in [2.24, 2.45) is 0 Å². The van der Waals surface area contributed by atoms with Crippen LogP contribution in [0.15, 0.2) is 48.7 Å². The second kappa shape index (κ2) is 6.70. The maximum absolute atomic E-state index is 12.4. The Balaban J connectivity index is 2.12. The summed E-state index contributed by atoms with van der Waals surface area (Å²) < 4.78 is 0. The molecule has 1 N–H and O–H groups in total. The van der Waals surface area contributed by atoms with Gasteiger partial charge in [-0.15, -0.1) is 0 Å². The van der Waals surface area contributed by atoms with Gasteiger partial charge in [-0.1, -0.05) is 30.3 Å². The molecule has 0 aliphatic heterocycles. The highest BCUT2D eigenvalue weighted by molar-refractivity contribution is 5.92. The van der Waals surface area contributed by atoms with Crippen LogP contribution in [0.3, 0.4) is 0 Å². The van der Waals surface area contributed by atoms with E-state index in [9.17, 15) is 4.79 Å². The van der Waals surface area contributed by atoms with Gasteiger partial charge in [-0.05, 0) is 24.6 Å². The van der Waals surface area contributed by atoms with Crippen LogP contribution in [0, 0.1) is 0 Å². The SMILES string of the molecule is CCN(Cc1ccccc1)C(=O)c1ccc(NC)cn1. The Morgan fingerprint density at radius 2 is 1.95 bits per heavy atom. The maximum atomic E-state index is 12.4. The number of pyridine rings is 1. The first-order valence-corrected chi connectivity index (χ1v) is 6.71. The van der Waals surface area contributed by atoms with Crippen LogP contribution in [-0.4, -0.2) is 29.4 Å². The molecule has 0 bridgehead atoms. The Hall–Kier alpha value is -2.36. The molecule has 0 saturated carbocycles. The first-order chi connectivity index (χ1) is 9.74. The fraction of sp³-hybridized carbons (Fsp3) is 0.250. The lowest BCUT2D eigenvalue weighted by Gasteiger charge is -2.20. The molecule has 0 fully saturated rings. The van der Waals surface area contributed by atoms with Crippen LogP contribution < -0.4 is 5.32 Å². The van der Waals surface area contributed by atoms with E-state index in [4.69, 9.17) is 0 Å². The van der Waals surface area contributed by atoms with Crippen LogP contribution in [0.25, 0.3) is 0 Å². The van der Waals surface area contributed by atoms with Gasteiger partial charge in [0.1, 0.15) is 5.69 Å². The zero-order chi connectivity index (χ0) is 14.4. The van der Waals surface area contributed by atoms with E-state index in [2.05, 4.69) is 10.3 Å². The van der Waals surface area contributed by atoms with Crippen molar-refractivity contribution in [3.05, 3.63) is 59.9 Å². The number of aromatic nitrogens is 1. The molecule has 0 aliphatic carbocycles. The van der Waals surface area contributed by atoms with Crippen molar-refractivity contribution in [2.75, 3.05) is 18.9 Å². The summed E-state index contributed by atoms with van der Waals surface area (Å²) in [6, 6.07) is 13.6. The van der Waals surface area contributed by atoms with Crippen molar-refractivity contribution in [3.63, 3.8) is 0 Å². The van der Waals surface area contributed by atoms with Gasteiger partial charge in [0.05, 0.1) is 11.9 Å². The number of amides is 1. The number of carbonyl (C=O) groups excluding carboxylic acids is 1. The van der Waals surface area contributed by atoms with Gasteiger partial charge in [0.15, 0.2) is 0 Å². The number of carbonyl (C=O) groups is 1. The molecule has 0 atom stereocenters. The largest absolute Gasteiger partial charge is 0.387 e. The van der Waals surface area contributed by atoms with Crippen LogP contribution in [0.2, 0.25) is 0 Å². The van der Waals surface area contributed by atoms with Crippen LogP contribution in [0.5, 0.6) is 0 Å². The highest BCUT2D eigenvalue weighted by Crippen LogP contribution is 2.10. The number of anilines is 1. The van der Waals surface area contributed by atoms with Crippen molar-refractivity contribution in [2.45, 2.75) is 13.5 Å². The van der Waals surface area contributed by atoms with Crippen molar-refractivity contribution in [3.8, 4) is 0 Å². The first kappa shape index (κ1) is 14.1. The third kappa shape index (κ3) is 3.35. The lowest BCUT2D eigenvalue weighted by Crippen LogP contribution is -2.30. The Labute approximate surface area is 119 Å². The third-order valence-electron chi connectivity index (χ3n) is 3.16. The molecule has 4 nitrogen and oxygen atoms in total. The van der Waals surface area contributed by atoms with Crippen LogP contribution >= 0.6 is 0 Å². The van der Waals surface area contributed by atoms with Gasteiger partial charge in [-0.25, -0.2) is 4.98 Å². The van der Waals surface area contributed by atoms with Crippen LogP contribution in [0.4, 0.5) is 5.69 Å². The van der Waals surface area contributed by atoms with Crippen molar-refractivity contribution in [1.82, 2.24) is 9.88 Å². The molecule has 4 heteroatoms. The van der Waals surface area contributed by atoms with E-state index < -0.39 is 0 Å². The highest BCUT2D eigenvalue weighted by atomic mass is 16.2. The quantitative estimate of drug-likeness (QED) is 0.907. The Bertz CT molecular complexity index is 552. The Morgan fingerprint density at radius 1 is 1.20 bits per heavy atom. The molecule has 20 heavy (non-hydrogen) atoms. The fourth-order valence-corrected chi connectivity index (χ4v) is 1.96. The van der Waals surface area contributed by atoms with Crippen molar-refractivity contribution < 1.29 is 4.79 Å². The van der Waals surface area contributed by atoms with E-state index in [0.717, 1.165) is 11.3 Å². The third-order valence-corrected chi connectivity index (χ3v) is 3.16. The topological polar surface area (TPSA) is 45.2 Å². The Kier molecular flexibility index (Phi) is 4.71. The zero-order valence-corrected chi connectivity index (χ0v) is 11.8. The molecule has 2 rings (SSSR count). The van der Waals surface area contributed by atoms with E-state index >= 15 is 0 Å². The molecule has 1 aromatic carbocycles.